The van der Waals surface area contributed by atoms with E-state index in [4.69, 9.17) is 9.15 Å². The monoisotopic (exact) mass is 303 g/mol. The van der Waals surface area contributed by atoms with Crippen molar-refractivity contribution in [2.45, 2.75) is 12.7 Å². The molecule has 0 bridgehead atoms. The van der Waals surface area contributed by atoms with Crippen molar-refractivity contribution in [3.63, 3.8) is 0 Å². The fourth-order valence-electron chi connectivity index (χ4n) is 1.68. The maximum atomic E-state index is 13.1. The number of rotatable bonds is 6. The van der Waals surface area contributed by atoms with Crippen LogP contribution in [0.1, 0.15) is 11.1 Å². The molecule has 1 aromatic heterocycles. The van der Waals surface area contributed by atoms with Gasteiger partial charge in [-0.05, 0) is 24.3 Å². The molecule has 3 nitrogen and oxygen atoms in total. The van der Waals surface area contributed by atoms with Gasteiger partial charge < -0.3 is 14.5 Å². The van der Waals surface area contributed by atoms with Crippen LogP contribution in [0.3, 0.4) is 0 Å². The van der Waals surface area contributed by atoms with E-state index >= 15 is 0 Å². The Kier molecular flexibility index (Phi) is 4.85. The summed E-state index contributed by atoms with van der Waals surface area (Å²) in [5.41, 5.74) is -0.373. The minimum absolute atomic E-state index is 0.0196. The number of nitrogens with one attached hydrogen (secondary N) is 1. The van der Waals surface area contributed by atoms with Gasteiger partial charge in [0.1, 0.15) is 18.2 Å². The molecule has 0 saturated carbocycles. The van der Waals surface area contributed by atoms with E-state index in [1.165, 1.54) is 6.07 Å². The van der Waals surface area contributed by atoms with Crippen molar-refractivity contribution in [2.24, 2.45) is 0 Å². The van der Waals surface area contributed by atoms with Gasteiger partial charge in [0.25, 0.3) is 0 Å². The summed E-state index contributed by atoms with van der Waals surface area (Å²) in [6.45, 7) is 1.17. The van der Waals surface area contributed by atoms with Crippen LogP contribution in [0, 0.1) is 5.82 Å². The number of alkyl halides is 3. The average Bonchev–Trinajstić information content (AvgIpc) is 2.92. The molecule has 0 aliphatic carbocycles. The summed E-state index contributed by atoms with van der Waals surface area (Å²) in [6, 6.07) is 4.37. The zero-order chi connectivity index (χ0) is 15.3. The van der Waals surface area contributed by atoms with Gasteiger partial charge in [-0.25, -0.2) is 4.39 Å². The molecule has 0 atom stereocenters. The number of hydrogen-bond acceptors (Lipinski definition) is 3. The molecule has 114 valence electrons. The molecule has 0 unspecified atom stereocenters. The van der Waals surface area contributed by atoms with Crippen LogP contribution in [0.4, 0.5) is 17.6 Å². The lowest BCUT2D eigenvalue weighted by Gasteiger charge is -2.11. The van der Waals surface area contributed by atoms with Crippen molar-refractivity contribution in [3.05, 3.63) is 53.7 Å². The summed E-state index contributed by atoms with van der Waals surface area (Å²) in [5.74, 6) is -1.33. The zero-order valence-electron chi connectivity index (χ0n) is 10.9. The molecule has 0 spiro atoms. The molecule has 0 radical (unpaired) electrons. The first kappa shape index (κ1) is 15.4. The van der Waals surface area contributed by atoms with E-state index in [0.717, 1.165) is 11.6 Å². The second-order valence-corrected chi connectivity index (χ2v) is 4.30. The topological polar surface area (TPSA) is 34.4 Å². The van der Waals surface area contributed by atoms with Gasteiger partial charge in [-0.2, -0.15) is 13.2 Å². The van der Waals surface area contributed by atoms with Gasteiger partial charge in [0.05, 0.1) is 18.1 Å². The standard InChI is InChI=1S/C14H13F4NO2/c15-13-2-1-11(7-12(13)14(16,17)18)21-6-4-19-8-10-3-5-20-9-10/h1-3,5,7,9,19H,4,6,8H2. The Morgan fingerprint density at radius 1 is 1.19 bits per heavy atom. The molecule has 0 aliphatic heterocycles. The second kappa shape index (κ2) is 6.62. The Bertz CT molecular complexity index is 567. The Labute approximate surface area is 118 Å². The largest absolute Gasteiger partial charge is 0.492 e. The number of halogens is 4. The smallest absolute Gasteiger partial charge is 0.419 e. The first-order valence-corrected chi connectivity index (χ1v) is 6.18. The molecule has 1 aromatic carbocycles. The highest BCUT2D eigenvalue weighted by atomic mass is 19.4. The quantitative estimate of drug-likeness (QED) is 0.654. The van der Waals surface area contributed by atoms with Crippen LogP contribution in [-0.2, 0) is 12.7 Å². The molecule has 0 aliphatic rings. The average molecular weight is 303 g/mol. The van der Waals surface area contributed by atoms with E-state index in [1.54, 1.807) is 18.6 Å². The molecule has 0 amide bonds. The lowest BCUT2D eigenvalue weighted by atomic mass is 10.2. The molecular weight excluding hydrogens is 290 g/mol. The molecule has 21 heavy (non-hydrogen) atoms. The highest BCUT2D eigenvalue weighted by molar-refractivity contribution is 5.31. The number of benzene rings is 1. The van der Waals surface area contributed by atoms with Crippen molar-refractivity contribution in [3.8, 4) is 5.75 Å². The zero-order valence-corrected chi connectivity index (χ0v) is 10.9. The second-order valence-electron chi connectivity index (χ2n) is 4.30. The summed E-state index contributed by atoms with van der Waals surface area (Å²) >= 11 is 0. The van der Waals surface area contributed by atoms with Crippen LogP contribution in [0.15, 0.2) is 41.2 Å². The Morgan fingerprint density at radius 2 is 2.00 bits per heavy atom. The van der Waals surface area contributed by atoms with Crippen LogP contribution in [0.25, 0.3) is 0 Å². The third-order valence-electron chi connectivity index (χ3n) is 2.70. The highest BCUT2D eigenvalue weighted by Gasteiger charge is 2.34. The van der Waals surface area contributed by atoms with Crippen LogP contribution < -0.4 is 10.1 Å². The number of hydrogen-bond donors (Lipinski definition) is 1. The summed E-state index contributed by atoms with van der Waals surface area (Å²) < 4.78 is 60.7. The van der Waals surface area contributed by atoms with Gasteiger partial charge in [0.15, 0.2) is 0 Å². The van der Waals surface area contributed by atoms with E-state index < -0.39 is 17.6 Å². The first-order valence-electron chi connectivity index (χ1n) is 6.18. The van der Waals surface area contributed by atoms with E-state index in [9.17, 15) is 17.6 Å². The van der Waals surface area contributed by atoms with Gasteiger partial charge in [-0.1, -0.05) is 0 Å². The van der Waals surface area contributed by atoms with Gasteiger partial charge in [0.2, 0.25) is 0 Å². The third kappa shape index (κ3) is 4.49. The fourth-order valence-corrected chi connectivity index (χ4v) is 1.68. The summed E-state index contributed by atoms with van der Waals surface area (Å²) in [4.78, 5) is 0. The predicted molar refractivity (Wildman–Crippen MR) is 67.3 cm³/mol. The minimum Gasteiger partial charge on any atom is -0.492 e. The van der Waals surface area contributed by atoms with Crippen LogP contribution in [0.2, 0.25) is 0 Å². The lowest BCUT2D eigenvalue weighted by Crippen LogP contribution is -2.20. The molecule has 2 aromatic rings. The molecule has 1 heterocycles. The summed E-state index contributed by atoms with van der Waals surface area (Å²) in [5, 5.41) is 3.03. The van der Waals surface area contributed by atoms with Gasteiger partial charge in [-0.3, -0.25) is 0 Å². The van der Waals surface area contributed by atoms with Gasteiger partial charge in [-0.15, -0.1) is 0 Å². The van der Waals surface area contributed by atoms with Crippen molar-refractivity contribution in [1.82, 2.24) is 5.32 Å². The summed E-state index contributed by atoms with van der Waals surface area (Å²) in [7, 11) is 0. The van der Waals surface area contributed by atoms with Crippen LogP contribution in [-0.4, -0.2) is 13.2 Å². The van der Waals surface area contributed by atoms with E-state index in [2.05, 4.69) is 5.32 Å². The fraction of sp³-hybridized carbons (Fsp3) is 0.286. The molecular formula is C14H13F4NO2. The molecule has 2 rings (SSSR count). The van der Waals surface area contributed by atoms with Crippen molar-refractivity contribution in [1.29, 1.82) is 0 Å². The first-order chi connectivity index (χ1) is 9.97. The van der Waals surface area contributed by atoms with E-state index in [1.807, 2.05) is 0 Å². The Balaban J connectivity index is 1.80. The molecule has 0 fully saturated rings. The summed E-state index contributed by atoms with van der Waals surface area (Å²) in [6.07, 6.45) is -1.60. The van der Waals surface area contributed by atoms with Crippen LogP contribution >= 0.6 is 0 Å². The van der Waals surface area contributed by atoms with Gasteiger partial charge >= 0.3 is 6.18 Å². The minimum atomic E-state index is -4.73. The predicted octanol–water partition coefficient (Wildman–Crippen LogP) is 3.61. The van der Waals surface area contributed by atoms with E-state index in [-0.39, 0.29) is 12.4 Å². The highest BCUT2D eigenvalue weighted by Crippen LogP contribution is 2.33. The normalized spacial score (nSPS) is 11.6. The van der Waals surface area contributed by atoms with Crippen molar-refractivity contribution < 1.29 is 26.7 Å². The molecule has 1 N–H and O–H groups in total. The lowest BCUT2D eigenvalue weighted by molar-refractivity contribution is -0.140. The van der Waals surface area contributed by atoms with Crippen molar-refractivity contribution in [2.75, 3.05) is 13.2 Å². The molecule has 0 saturated heterocycles. The third-order valence-corrected chi connectivity index (χ3v) is 2.70. The van der Waals surface area contributed by atoms with Crippen molar-refractivity contribution >= 4 is 0 Å². The number of furan rings is 1. The SMILES string of the molecule is Fc1ccc(OCCNCc2ccoc2)cc1C(F)(F)F. The Hall–Kier alpha value is -2.02. The maximum absolute atomic E-state index is 13.1. The van der Waals surface area contributed by atoms with E-state index in [0.29, 0.717) is 19.2 Å². The Morgan fingerprint density at radius 3 is 2.67 bits per heavy atom. The van der Waals surface area contributed by atoms with Gasteiger partial charge in [0, 0.05) is 18.7 Å². The van der Waals surface area contributed by atoms with Crippen LogP contribution in [0.5, 0.6) is 5.75 Å². The molecule has 7 heteroatoms. The maximum Gasteiger partial charge on any atom is 0.419 e. The number of ether oxygens (including phenoxy) is 1.